The summed E-state index contributed by atoms with van der Waals surface area (Å²) in [7, 11) is 0. The molecule has 2 aliphatic carbocycles. The van der Waals surface area contributed by atoms with Crippen LogP contribution in [0.15, 0.2) is 18.2 Å². The quantitative estimate of drug-likeness (QED) is 0.532. The first kappa shape index (κ1) is 21.3. The summed E-state index contributed by atoms with van der Waals surface area (Å²) < 4.78 is 19.8. The smallest absolute Gasteiger partial charge is 0.302 e. The standard InChI is InChI=1S/C25H37FO2/c1-17(27)28-16-18-5-7-19(8-6-18)20-9-11-21(12-10-20)22-13-14-23(24(26)15-22)25(2,3)4/h13-15,18-21H,5-12,16H2,1-4H3. The van der Waals surface area contributed by atoms with Crippen LogP contribution in [0.3, 0.4) is 0 Å². The third-order valence-corrected chi connectivity index (χ3v) is 7.12. The maximum Gasteiger partial charge on any atom is 0.302 e. The summed E-state index contributed by atoms with van der Waals surface area (Å²) in [6.07, 6.45) is 9.85. The molecule has 2 nitrogen and oxygen atoms in total. The van der Waals surface area contributed by atoms with E-state index in [1.807, 2.05) is 6.07 Å². The largest absolute Gasteiger partial charge is 0.466 e. The van der Waals surface area contributed by atoms with Gasteiger partial charge in [0.1, 0.15) is 5.82 Å². The minimum absolute atomic E-state index is 0.0433. The van der Waals surface area contributed by atoms with Crippen molar-refractivity contribution in [1.82, 2.24) is 0 Å². The third kappa shape index (κ3) is 5.36. The summed E-state index contributed by atoms with van der Waals surface area (Å²) in [5, 5.41) is 0. The highest BCUT2D eigenvalue weighted by Gasteiger charge is 2.32. The molecule has 0 spiro atoms. The first-order valence-corrected chi connectivity index (χ1v) is 11.2. The van der Waals surface area contributed by atoms with Crippen molar-refractivity contribution in [1.29, 1.82) is 0 Å². The van der Waals surface area contributed by atoms with Crippen LogP contribution in [0.1, 0.15) is 96.1 Å². The van der Waals surface area contributed by atoms with Crippen LogP contribution in [0.4, 0.5) is 4.39 Å². The molecule has 28 heavy (non-hydrogen) atoms. The van der Waals surface area contributed by atoms with E-state index >= 15 is 0 Å². The van der Waals surface area contributed by atoms with Gasteiger partial charge < -0.3 is 4.74 Å². The summed E-state index contributed by atoms with van der Waals surface area (Å²) in [6.45, 7) is 8.29. The highest BCUT2D eigenvalue weighted by Crippen LogP contribution is 2.44. The molecule has 2 aliphatic rings. The molecule has 0 amide bonds. The molecule has 0 atom stereocenters. The Labute approximate surface area is 170 Å². The van der Waals surface area contributed by atoms with Crippen LogP contribution in [-0.2, 0) is 14.9 Å². The van der Waals surface area contributed by atoms with Gasteiger partial charge in [-0.1, -0.05) is 32.9 Å². The molecule has 0 heterocycles. The molecule has 0 N–H and O–H groups in total. The van der Waals surface area contributed by atoms with Gasteiger partial charge in [0.2, 0.25) is 0 Å². The molecule has 0 saturated heterocycles. The number of esters is 1. The van der Waals surface area contributed by atoms with E-state index < -0.39 is 0 Å². The number of hydrogen-bond acceptors (Lipinski definition) is 2. The van der Waals surface area contributed by atoms with Gasteiger partial charge in [-0.15, -0.1) is 0 Å². The number of ether oxygens (including phenoxy) is 1. The Balaban J connectivity index is 1.49. The zero-order chi connectivity index (χ0) is 20.3. The minimum Gasteiger partial charge on any atom is -0.466 e. The molecule has 2 fully saturated rings. The first-order valence-electron chi connectivity index (χ1n) is 11.2. The lowest BCUT2D eigenvalue weighted by Gasteiger charge is -2.38. The zero-order valence-electron chi connectivity index (χ0n) is 18.1. The molecule has 0 radical (unpaired) electrons. The zero-order valence-corrected chi connectivity index (χ0v) is 18.1. The van der Waals surface area contributed by atoms with Crippen LogP contribution in [0.25, 0.3) is 0 Å². The van der Waals surface area contributed by atoms with E-state index in [-0.39, 0.29) is 17.2 Å². The lowest BCUT2D eigenvalue weighted by Crippen LogP contribution is -2.27. The first-order chi connectivity index (χ1) is 13.2. The van der Waals surface area contributed by atoms with Crippen molar-refractivity contribution in [3.63, 3.8) is 0 Å². The highest BCUT2D eigenvalue weighted by molar-refractivity contribution is 5.65. The van der Waals surface area contributed by atoms with Gasteiger partial charge in [0, 0.05) is 6.92 Å². The molecular weight excluding hydrogens is 351 g/mol. The van der Waals surface area contributed by atoms with Crippen LogP contribution in [-0.4, -0.2) is 12.6 Å². The van der Waals surface area contributed by atoms with Gasteiger partial charge in [-0.25, -0.2) is 4.39 Å². The average molecular weight is 389 g/mol. The lowest BCUT2D eigenvalue weighted by atomic mass is 9.68. The molecule has 2 saturated carbocycles. The Hall–Kier alpha value is -1.38. The fourth-order valence-corrected chi connectivity index (χ4v) is 5.38. The second kappa shape index (κ2) is 8.97. The Morgan fingerprint density at radius 3 is 2.07 bits per heavy atom. The van der Waals surface area contributed by atoms with Crippen LogP contribution in [0, 0.1) is 23.6 Å². The molecule has 3 heteroatoms. The van der Waals surface area contributed by atoms with E-state index in [9.17, 15) is 9.18 Å². The van der Waals surface area contributed by atoms with Gasteiger partial charge in [-0.3, -0.25) is 4.79 Å². The van der Waals surface area contributed by atoms with Crippen molar-refractivity contribution in [3.05, 3.63) is 35.1 Å². The SMILES string of the molecule is CC(=O)OCC1CCC(C2CCC(c3ccc(C(C)(C)C)c(F)c3)CC2)CC1. The van der Waals surface area contributed by atoms with Crippen LogP contribution >= 0.6 is 0 Å². The topological polar surface area (TPSA) is 26.3 Å². The molecular formula is C25H37FO2. The minimum atomic E-state index is -0.160. The van der Waals surface area contributed by atoms with Crippen molar-refractivity contribution in [2.45, 2.75) is 90.4 Å². The van der Waals surface area contributed by atoms with Crippen LogP contribution in [0.2, 0.25) is 0 Å². The maximum atomic E-state index is 14.6. The van der Waals surface area contributed by atoms with Crippen molar-refractivity contribution in [2.24, 2.45) is 17.8 Å². The van der Waals surface area contributed by atoms with Gasteiger partial charge in [0.05, 0.1) is 6.61 Å². The van der Waals surface area contributed by atoms with E-state index in [1.165, 1.54) is 63.9 Å². The lowest BCUT2D eigenvalue weighted by molar-refractivity contribution is -0.142. The summed E-state index contributed by atoms with van der Waals surface area (Å²) in [4.78, 5) is 11.0. The second-order valence-corrected chi connectivity index (χ2v) is 10.2. The molecule has 156 valence electrons. The van der Waals surface area contributed by atoms with Crippen molar-refractivity contribution in [3.8, 4) is 0 Å². The van der Waals surface area contributed by atoms with Gasteiger partial charge in [0.15, 0.2) is 0 Å². The summed E-state index contributed by atoms with van der Waals surface area (Å²) in [5.41, 5.74) is 1.86. The van der Waals surface area contributed by atoms with Gasteiger partial charge in [-0.2, -0.15) is 0 Å². The Morgan fingerprint density at radius 1 is 1.00 bits per heavy atom. The average Bonchev–Trinajstić information content (AvgIpc) is 2.66. The molecule has 1 aromatic carbocycles. The van der Waals surface area contributed by atoms with E-state index in [0.29, 0.717) is 18.4 Å². The van der Waals surface area contributed by atoms with Crippen molar-refractivity contribution < 1.29 is 13.9 Å². The number of carbonyl (C=O) groups excluding carboxylic acids is 1. The Morgan fingerprint density at radius 2 is 1.57 bits per heavy atom. The fraction of sp³-hybridized carbons (Fsp3) is 0.720. The van der Waals surface area contributed by atoms with Crippen LogP contribution < -0.4 is 0 Å². The summed E-state index contributed by atoms with van der Waals surface area (Å²) in [6, 6.07) is 5.96. The van der Waals surface area contributed by atoms with E-state index in [0.717, 1.165) is 17.4 Å². The van der Waals surface area contributed by atoms with Crippen molar-refractivity contribution in [2.75, 3.05) is 6.61 Å². The summed E-state index contributed by atoms with van der Waals surface area (Å²) in [5.74, 6) is 2.52. The number of rotatable bonds is 4. The Kier molecular flexibility index (Phi) is 6.83. The molecule has 0 aliphatic heterocycles. The van der Waals surface area contributed by atoms with Gasteiger partial charge >= 0.3 is 5.97 Å². The molecule has 0 aromatic heterocycles. The fourth-order valence-electron chi connectivity index (χ4n) is 5.38. The molecule has 1 aromatic rings. The maximum absolute atomic E-state index is 14.6. The van der Waals surface area contributed by atoms with E-state index in [4.69, 9.17) is 4.74 Å². The van der Waals surface area contributed by atoms with Gasteiger partial charge in [0.25, 0.3) is 0 Å². The third-order valence-electron chi connectivity index (χ3n) is 7.12. The molecule has 0 bridgehead atoms. The Bertz CT molecular complexity index is 660. The normalized spacial score (nSPS) is 28.8. The van der Waals surface area contributed by atoms with Gasteiger partial charge in [-0.05, 0) is 97.6 Å². The second-order valence-electron chi connectivity index (χ2n) is 10.2. The summed E-state index contributed by atoms with van der Waals surface area (Å²) >= 11 is 0. The van der Waals surface area contributed by atoms with Crippen molar-refractivity contribution >= 4 is 5.97 Å². The predicted molar refractivity (Wildman–Crippen MR) is 112 cm³/mol. The number of carbonyl (C=O) groups is 1. The monoisotopic (exact) mass is 388 g/mol. The number of benzene rings is 1. The van der Waals surface area contributed by atoms with Crippen LogP contribution in [0.5, 0.6) is 0 Å². The number of halogens is 1. The van der Waals surface area contributed by atoms with E-state index in [2.05, 4.69) is 26.8 Å². The molecule has 0 unspecified atom stereocenters. The molecule has 3 rings (SSSR count). The highest BCUT2D eigenvalue weighted by atomic mass is 19.1. The predicted octanol–water partition coefficient (Wildman–Crippen LogP) is 6.77. The van der Waals surface area contributed by atoms with E-state index in [1.54, 1.807) is 6.07 Å². The number of hydrogen-bond donors (Lipinski definition) is 0.